The number of nitrogens with one attached hydrogen (secondary N) is 2. The van der Waals surface area contributed by atoms with E-state index >= 15 is 0 Å². The number of likely N-dealkylation sites (tertiary alicyclic amines) is 1. The van der Waals surface area contributed by atoms with E-state index in [1.165, 1.54) is 12.3 Å². The SMILES string of the molecule is CC1CCCN(C(=O)CCNC(=O)c2ccc[nH]c2=O)C1. The minimum absolute atomic E-state index is 0.0591. The van der Waals surface area contributed by atoms with E-state index in [9.17, 15) is 14.4 Å². The van der Waals surface area contributed by atoms with E-state index in [0.717, 1.165) is 25.9 Å². The first-order chi connectivity index (χ1) is 10.1. The third-order valence-corrected chi connectivity index (χ3v) is 3.70. The lowest BCUT2D eigenvalue weighted by Gasteiger charge is -2.31. The molecule has 2 N–H and O–H groups in total. The highest BCUT2D eigenvalue weighted by molar-refractivity contribution is 5.93. The van der Waals surface area contributed by atoms with Gasteiger partial charge in [0.05, 0.1) is 0 Å². The molecule has 1 fully saturated rings. The van der Waals surface area contributed by atoms with E-state index in [2.05, 4.69) is 17.2 Å². The molecule has 0 radical (unpaired) electrons. The fourth-order valence-electron chi connectivity index (χ4n) is 2.55. The van der Waals surface area contributed by atoms with Gasteiger partial charge in [0.1, 0.15) is 5.56 Å². The lowest BCUT2D eigenvalue weighted by atomic mass is 10.00. The van der Waals surface area contributed by atoms with Gasteiger partial charge in [-0.25, -0.2) is 0 Å². The molecule has 1 aromatic rings. The molecule has 1 unspecified atom stereocenters. The molecule has 0 aromatic carbocycles. The molecule has 2 heterocycles. The second-order valence-corrected chi connectivity index (χ2v) is 5.51. The summed E-state index contributed by atoms with van der Waals surface area (Å²) in [5.41, 5.74) is -0.359. The Morgan fingerprint density at radius 3 is 3.00 bits per heavy atom. The van der Waals surface area contributed by atoms with Crippen molar-refractivity contribution in [3.05, 3.63) is 34.2 Å². The highest BCUT2D eigenvalue weighted by atomic mass is 16.2. The number of carbonyl (C=O) groups is 2. The molecular formula is C15H21N3O3. The van der Waals surface area contributed by atoms with Gasteiger partial charge in [0.25, 0.3) is 11.5 Å². The van der Waals surface area contributed by atoms with Gasteiger partial charge in [0.15, 0.2) is 0 Å². The maximum absolute atomic E-state index is 12.0. The second-order valence-electron chi connectivity index (χ2n) is 5.51. The van der Waals surface area contributed by atoms with Crippen LogP contribution >= 0.6 is 0 Å². The molecule has 0 bridgehead atoms. The first kappa shape index (κ1) is 15.3. The van der Waals surface area contributed by atoms with Gasteiger partial charge in [-0.05, 0) is 30.9 Å². The fourth-order valence-corrected chi connectivity index (χ4v) is 2.55. The van der Waals surface area contributed by atoms with Crippen molar-refractivity contribution in [1.82, 2.24) is 15.2 Å². The predicted octanol–water partition coefficient (Wildman–Crippen LogP) is 0.753. The minimum atomic E-state index is -0.448. The Morgan fingerprint density at radius 1 is 1.48 bits per heavy atom. The van der Waals surface area contributed by atoms with Crippen molar-refractivity contribution >= 4 is 11.8 Å². The lowest BCUT2D eigenvalue weighted by molar-refractivity contribution is -0.132. The summed E-state index contributed by atoms with van der Waals surface area (Å²) in [6.07, 6.45) is 3.94. The summed E-state index contributed by atoms with van der Waals surface area (Å²) < 4.78 is 0. The first-order valence-electron chi connectivity index (χ1n) is 7.31. The van der Waals surface area contributed by atoms with E-state index in [4.69, 9.17) is 0 Å². The van der Waals surface area contributed by atoms with Crippen molar-refractivity contribution in [2.75, 3.05) is 19.6 Å². The van der Waals surface area contributed by atoms with Crippen molar-refractivity contribution in [3.63, 3.8) is 0 Å². The monoisotopic (exact) mass is 291 g/mol. The summed E-state index contributed by atoms with van der Waals surface area (Å²) in [7, 11) is 0. The molecule has 21 heavy (non-hydrogen) atoms. The van der Waals surface area contributed by atoms with Crippen LogP contribution in [0.25, 0.3) is 0 Å². The molecule has 1 aliphatic heterocycles. The molecular weight excluding hydrogens is 270 g/mol. The third-order valence-electron chi connectivity index (χ3n) is 3.70. The Balaban J connectivity index is 1.79. The van der Waals surface area contributed by atoms with Gasteiger partial charge < -0.3 is 15.2 Å². The molecule has 6 nitrogen and oxygen atoms in total. The maximum atomic E-state index is 12.0. The number of pyridine rings is 1. The average Bonchev–Trinajstić information content (AvgIpc) is 2.47. The zero-order valence-electron chi connectivity index (χ0n) is 12.2. The van der Waals surface area contributed by atoms with Crippen molar-refractivity contribution in [3.8, 4) is 0 Å². The Labute approximate surface area is 123 Å². The summed E-state index contributed by atoms with van der Waals surface area (Å²) in [5.74, 6) is 0.153. The van der Waals surface area contributed by atoms with Gasteiger partial charge in [-0.2, -0.15) is 0 Å². The van der Waals surface area contributed by atoms with Crippen LogP contribution in [-0.2, 0) is 4.79 Å². The molecule has 1 saturated heterocycles. The summed E-state index contributed by atoms with van der Waals surface area (Å²) in [6.45, 7) is 3.99. The zero-order chi connectivity index (χ0) is 15.2. The number of carbonyl (C=O) groups excluding carboxylic acids is 2. The van der Waals surface area contributed by atoms with Crippen LogP contribution in [0.3, 0.4) is 0 Å². The van der Waals surface area contributed by atoms with Crippen LogP contribution in [0.15, 0.2) is 23.1 Å². The molecule has 1 atom stereocenters. The number of piperidine rings is 1. The van der Waals surface area contributed by atoms with E-state index < -0.39 is 11.5 Å². The Hall–Kier alpha value is -2.11. The van der Waals surface area contributed by atoms with Gasteiger partial charge in [-0.1, -0.05) is 6.92 Å². The summed E-state index contributed by atoms with van der Waals surface area (Å²) in [6, 6.07) is 3.05. The van der Waals surface area contributed by atoms with E-state index in [0.29, 0.717) is 5.92 Å². The van der Waals surface area contributed by atoms with Gasteiger partial charge in [0.2, 0.25) is 5.91 Å². The number of hydrogen-bond donors (Lipinski definition) is 2. The molecule has 2 rings (SSSR count). The van der Waals surface area contributed by atoms with Crippen LogP contribution in [0.5, 0.6) is 0 Å². The Bertz CT molecular complexity index is 567. The van der Waals surface area contributed by atoms with Crippen LogP contribution in [0, 0.1) is 5.92 Å². The number of aromatic nitrogens is 1. The maximum Gasteiger partial charge on any atom is 0.260 e. The van der Waals surface area contributed by atoms with Gasteiger partial charge >= 0.3 is 0 Å². The van der Waals surface area contributed by atoms with E-state index in [1.807, 2.05) is 4.90 Å². The Morgan fingerprint density at radius 2 is 2.29 bits per heavy atom. The average molecular weight is 291 g/mol. The van der Waals surface area contributed by atoms with Gasteiger partial charge in [-0.3, -0.25) is 14.4 Å². The van der Waals surface area contributed by atoms with Gasteiger partial charge in [-0.15, -0.1) is 0 Å². The quantitative estimate of drug-likeness (QED) is 0.859. The number of H-pyrrole nitrogens is 1. The highest BCUT2D eigenvalue weighted by Crippen LogP contribution is 2.15. The van der Waals surface area contributed by atoms with E-state index in [1.54, 1.807) is 6.07 Å². The van der Waals surface area contributed by atoms with Gasteiger partial charge in [0, 0.05) is 32.3 Å². The molecule has 6 heteroatoms. The third kappa shape index (κ3) is 4.18. The molecule has 1 aromatic heterocycles. The smallest absolute Gasteiger partial charge is 0.260 e. The van der Waals surface area contributed by atoms with Crippen molar-refractivity contribution in [2.45, 2.75) is 26.2 Å². The molecule has 2 amide bonds. The van der Waals surface area contributed by atoms with Crippen LogP contribution in [0.2, 0.25) is 0 Å². The molecule has 0 spiro atoms. The van der Waals surface area contributed by atoms with Crippen molar-refractivity contribution < 1.29 is 9.59 Å². The number of rotatable bonds is 4. The topological polar surface area (TPSA) is 82.3 Å². The predicted molar refractivity (Wildman–Crippen MR) is 79.0 cm³/mol. The van der Waals surface area contributed by atoms with Crippen molar-refractivity contribution in [1.29, 1.82) is 0 Å². The first-order valence-corrected chi connectivity index (χ1v) is 7.31. The largest absolute Gasteiger partial charge is 0.351 e. The normalized spacial score (nSPS) is 18.3. The molecule has 1 aliphatic rings. The summed E-state index contributed by atoms with van der Waals surface area (Å²) in [4.78, 5) is 39.6. The number of hydrogen-bond acceptors (Lipinski definition) is 3. The highest BCUT2D eigenvalue weighted by Gasteiger charge is 2.20. The molecule has 114 valence electrons. The molecule has 0 saturated carbocycles. The minimum Gasteiger partial charge on any atom is -0.351 e. The second kappa shape index (κ2) is 7.06. The van der Waals surface area contributed by atoms with E-state index in [-0.39, 0.29) is 24.4 Å². The Kier molecular flexibility index (Phi) is 5.14. The van der Waals surface area contributed by atoms with Crippen LogP contribution in [0.1, 0.15) is 36.5 Å². The fraction of sp³-hybridized carbons (Fsp3) is 0.533. The van der Waals surface area contributed by atoms with Crippen LogP contribution in [0.4, 0.5) is 0 Å². The molecule has 0 aliphatic carbocycles. The summed E-state index contributed by atoms with van der Waals surface area (Å²) in [5, 5.41) is 2.61. The number of aromatic amines is 1. The zero-order valence-corrected chi connectivity index (χ0v) is 12.2. The van der Waals surface area contributed by atoms with Crippen LogP contribution < -0.4 is 10.9 Å². The summed E-state index contributed by atoms with van der Waals surface area (Å²) >= 11 is 0. The number of amides is 2. The number of nitrogens with zero attached hydrogens (tertiary/aromatic N) is 1. The van der Waals surface area contributed by atoms with Crippen LogP contribution in [-0.4, -0.2) is 41.3 Å². The lowest BCUT2D eigenvalue weighted by Crippen LogP contribution is -2.40. The standard InChI is InChI=1S/C15H21N3O3/c1-11-4-3-9-18(10-11)13(19)6-8-17-15(21)12-5-2-7-16-14(12)20/h2,5,7,11H,3-4,6,8-10H2,1H3,(H,16,20)(H,17,21). The van der Waals surface area contributed by atoms with Crippen molar-refractivity contribution in [2.24, 2.45) is 5.92 Å².